The maximum Gasteiger partial charge on any atom is 0.305 e. The quantitative estimate of drug-likeness (QED) is 0.827. The van der Waals surface area contributed by atoms with E-state index in [-0.39, 0.29) is 18.4 Å². The van der Waals surface area contributed by atoms with Gasteiger partial charge in [0.25, 0.3) is 5.91 Å². The number of carboxylic acid groups (broad SMARTS) is 1. The predicted molar refractivity (Wildman–Crippen MR) is 68.3 cm³/mol. The van der Waals surface area contributed by atoms with Gasteiger partial charge in [-0.15, -0.1) is 0 Å². The van der Waals surface area contributed by atoms with E-state index in [9.17, 15) is 9.59 Å². The number of rotatable bonds is 4. The van der Waals surface area contributed by atoms with E-state index in [0.717, 1.165) is 3.57 Å². The van der Waals surface area contributed by atoms with Crippen LogP contribution in [0.15, 0.2) is 24.3 Å². The Labute approximate surface area is 107 Å². The van der Waals surface area contributed by atoms with Crippen LogP contribution in [-0.2, 0) is 4.79 Å². The molecule has 5 heteroatoms. The van der Waals surface area contributed by atoms with Gasteiger partial charge >= 0.3 is 5.97 Å². The monoisotopic (exact) mass is 333 g/mol. The number of halogens is 1. The van der Waals surface area contributed by atoms with Crippen molar-refractivity contribution >= 4 is 34.5 Å². The molecule has 0 aromatic heterocycles. The Morgan fingerprint density at radius 2 is 2.06 bits per heavy atom. The molecule has 1 atom stereocenters. The molecule has 4 nitrogen and oxygen atoms in total. The minimum Gasteiger partial charge on any atom is -0.481 e. The highest BCUT2D eigenvalue weighted by Gasteiger charge is 2.13. The van der Waals surface area contributed by atoms with Gasteiger partial charge in [-0.1, -0.05) is 12.1 Å². The zero-order valence-corrected chi connectivity index (χ0v) is 10.9. The van der Waals surface area contributed by atoms with Crippen molar-refractivity contribution in [2.75, 3.05) is 0 Å². The molecule has 1 aromatic rings. The lowest BCUT2D eigenvalue weighted by Gasteiger charge is -2.12. The molecule has 0 bridgehead atoms. The van der Waals surface area contributed by atoms with Crippen molar-refractivity contribution in [2.45, 2.75) is 19.4 Å². The van der Waals surface area contributed by atoms with Gasteiger partial charge in [-0.3, -0.25) is 9.59 Å². The molecule has 0 fully saturated rings. The summed E-state index contributed by atoms with van der Waals surface area (Å²) in [7, 11) is 0. The molecule has 1 unspecified atom stereocenters. The summed E-state index contributed by atoms with van der Waals surface area (Å²) in [4.78, 5) is 22.2. The van der Waals surface area contributed by atoms with Gasteiger partial charge in [0.05, 0.1) is 12.0 Å². The summed E-state index contributed by atoms with van der Waals surface area (Å²) in [6.45, 7) is 1.67. The molecule has 0 saturated carbocycles. The minimum absolute atomic E-state index is 0.0743. The van der Waals surface area contributed by atoms with E-state index < -0.39 is 5.97 Å². The Kier molecular flexibility index (Phi) is 4.72. The summed E-state index contributed by atoms with van der Waals surface area (Å²) in [6, 6.07) is 6.79. The third-order valence-electron chi connectivity index (χ3n) is 1.98. The zero-order valence-electron chi connectivity index (χ0n) is 8.74. The van der Waals surface area contributed by atoms with Crippen molar-refractivity contribution < 1.29 is 14.7 Å². The van der Waals surface area contributed by atoms with Crippen molar-refractivity contribution in [1.29, 1.82) is 0 Å². The Bertz CT molecular complexity index is 406. The Morgan fingerprint density at radius 3 is 2.62 bits per heavy atom. The topological polar surface area (TPSA) is 66.4 Å². The first kappa shape index (κ1) is 13.0. The molecule has 0 radical (unpaired) electrons. The molecule has 0 aliphatic rings. The van der Waals surface area contributed by atoms with Gasteiger partial charge < -0.3 is 10.4 Å². The van der Waals surface area contributed by atoms with Crippen LogP contribution in [0.1, 0.15) is 23.7 Å². The van der Waals surface area contributed by atoms with Crippen LogP contribution >= 0.6 is 22.6 Å². The largest absolute Gasteiger partial charge is 0.481 e. The first-order chi connectivity index (χ1) is 7.50. The molecule has 2 N–H and O–H groups in total. The van der Waals surface area contributed by atoms with E-state index in [0.29, 0.717) is 5.56 Å². The van der Waals surface area contributed by atoms with Crippen LogP contribution in [0.5, 0.6) is 0 Å². The third-order valence-corrected chi connectivity index (χ3v) is 2.92. The number of nitrogens with one attached hydrogen (secondary N) is 1. The number of carboxylic acids is 1. The van der Waals surface area contributed by atoms with Crippen molar-refractivity contribution in [1.82, 2.24) is 5.32 Å². The number of benzene rings is 1. The van der Waals surface area contributed by atoms with E-state index in [1.54, 1.807) is 19.1 Å². The second-order valence-corrected chi connectivity index (χ2v) is 4.61. The summed E-state index contributed by atoms with van der Waals surface area (Å²) >= 11 is 2.07. The maximum atomic E-state index is 11.7. The van der Waals surface area contributed by atoms with Crippen LogP contribution in [0.2, 0.25) is 0 Å². The van der Waals surface area contributed by atoms with E-state index in [2.05, 4.69) is 27.9 Å². The minimum atomic E-state index is -0.921. The van der Waals surface area contributed by atoms with Gasteiger partial charge in [0.15, 0.2) is 0 Å². The normalized spacial score (nSPS) is 11.9. The van der Waals surface area contributed by atoms with E-state index in [1.807, 2.05) is 12.1 Å². The van der Waals surface area contributed by atoms with Crippen LogP contribution in [0.25, 0.3) is 0 Å². The van der Waals surface area contributed by atoms with E-state index in [1.165, 1.54) is 0 Å². The standard InChI is InChI=1S/C11H12INO3/c1-7(6-10(14)15)13-11(16)8-4-2-3-5-9(8)12/h2-5,7H,6H2,1H3,(H,13,16)(H,14,15). The van der Waals surface area contributed by atoms with Crippen LogP contribution in [0, 0.1) is 3.57 Å². The lowest BCUT2D eigenvalue weighted by molar-refractivity contribution is -0.137. The SMILES string of the molecule is CC(CC(=O)O)NC(=O)c1ccccc1I. The lowest BCUT2D eigenvalue weighted by atomic mass is 10.2. The first-order valence-electron chi connectivity index (χ1n) is 4.78. The lowest BCUT2D eigenvalue weighted by Crippen LogP contribution is -2.34. The third kappa shape index (κ3) is 3.80. The average molecular weight is 333 g/mol. The highest BCUT2D eigenvalue weighted by molar-refractivity contribution is 14.1. The summed E-state index contributed by atoms with van der Waals surface area (Å²) in [5, 5.41) is 11.2. The molecular weight excluding hydrogens is 321 g/mol. The summed E-state index contributed by atoms with van der Waals surface area (Å²) < 4.78 is 0.847. The van der Waals surface area contributed by atoms with Gasteiger partial charge in [-0.2, -0.15) is 0 Å². The van der Waals surface area contributed by atoms with E-state index in [4.69, 9.17) is 5.11 Å². The first-order valence-corrected chi connectivity index (χ1v) is 5.85. The smallest absolute Gasteiger partial charge is 0.305 e. The van der Waals surface area contributed by atoms with Crippen molar-refractivity contribution in [2.24, 2.45) is 0 Å². The molecule has 0 saturated heterocycles. The van der Waals surface area contributed by atoms with Crippen LogP contribution in [-0.4, -0.2) is 23.0 Å². The molecule has 1 amide bonds. The van der Waals surface area contributed by atoms with Gasteiger partial charge in [0.1, 0.15) is 0 Å². The number of hydrogen-bond acceptors (Lipinski definition) is 2. The molecule has 0 spiro atoms. The van der Waals surface area contributed by atoms with Crippen LogP contribution in [0.3, 0.4) is 0 Å². The number of carbonyl (C=O) groups excluding carboxylic acids is 1. The molecule has 1 aromatic carbocycles. The molecule has 0 aliphatic heterocycles. The van der Waals surface area contributed by atoms with Crippen molar-refractivity contribution in [3.05, 3.63) is 33.4 Å². The summed E-state index contributed by atoms with van der Waals surface area (Å²) in [5.74, 6) is -1.16. The summed E-state index contributed by atoms with van der Waals surface area (Å²) in [6.07, 6.45) is -0.0743. The van der Waals surface area contributed by atoms with Crippen molar-refractivity contribution in [3.63, 3.8) is 0 Å². The Hall–Kier alpha value is -1.11. The zero-order chi connectivity index (χ0) is 12.1. The number of carbonyl (C=O) groups is 2. The van der Waals surface area contributed by atoms with Gasteiger partial charge in [0, 0.05) is 9.61 Å². The van der Waals surface area contributed by atoms with Crippen molar-refractivity contribution in [3.8, 4) is 0 Å². The fourth-order valence-corrected chi connectivity index (χ4v) is 1.89. The van der Waals surface area contributed by atoms with Gasteiger partial charge in [0.2, 0.25) is 0 Å². The molecule has 1 rings (SSSR count). The number of aliphatic carboxylic acids is 1. The molecule has 16 heavy (non-hydrogen) atoms. The maximum absolute atomic E-state index is 11.7. The van der Waals surface area contributed by atoms with Crippen LogP contribution in [0.4, 0.5) is 0 Å². The Balaban J connectivity index is 2.66. The average Bonchev–Trinajstić information content (AvgIpc) is 2.16. The number of hydrogen-bond donors (Lipinski definition) is 2. The fraction of sp³-hybridized carbons (Fsp3) is 0.273. The van der Waals surface area contributed by atoms with Gasteiger partial charge in [-0.25, -0.2) is 0 Å². The predicted octanol–water partition coefficient (Wildman–Crippen LogP) is 1.88. The number of amides is 1. The fourth-order valence-electron chi connectivity index (χ4n) is 1.26. The highest BCUT2D eigenvalue weighted by Crippen LogP contribution is 2.11. The highest BCUT2D eigenvalue weighted by atomic mass is 127. The van der Waals surface area contributed by atoms with E-state index >= 15 is 0 Å². The van der Waals surface area contributed by atoms with Gasteiger partial charge in [-0.05, 0) is 41.6 Å². The molecular formula is C11H12INO3. The van der Waals surface area contributed by atoms with Crippen LogP contribution < -0.4 is 5.32 Å². The molecule has 0 aliphatic carbocycles. The molecule has 86 valence electrons. The second kappa shape index (κ2) is 5.83. The molecule has 0 heterocycles. The Morgan fingerprint density at radius 1 is 1.44 bits per heavy atom. The second-order valence-electron chi connectivity index (χ2n) is 3.45. The summed E-state index contributed by atoms with van der Waals surface area (Å²) in [5.41, 5.74) is 0.570.